The summed E-state index contributed by atoms with van der Waals surface area (Å²) in [7, 11) is 0. The van der Waals surface area contributed by atoms with Gasteiger partial charge in [-0.25, -0.2) is 10.1 Å². The second kappa shape index (κ2) is 13.7. The number of rotatable bonds is 15. The van der Waals surface area contributed by atoms with Crippen LogP contribution >= 0.6 is 0 Å². The normalized spacial score (nSPS) is 33.7. The van der Waals surface area contributed by atoms with Gasteiger partial charge in [0, 0.05) is 19.1 Å². The molecular weight excluding hydrogens is 462 g/mol. The molecule has 6 N–H and O–H groups in total. The van der Waals surface area contributed by atoms with Gasteiger partial charge >= 0.3 is 0 Å². The van der Waals surface area contributed by atoms with Crippen molar-refractivity contribution in [2.75, 3.05) is 19.8 Å². The maximum atomic E-state index is 10.0. The van der Waals surface area contributed by atoms with Gasteiger partial charge in [0.15, 0.2) is 0 Å². The van der Waals surface area contributed by atoms with Gasteiger partial charge in [0.25, 0.3) is 0 Å². The lowest BCUT2D eigenvalue weighted by molar-refractivity contribution is -0.703. The number of unbranched alkanes of at least 4 members (excludes halogenated alkanes) is 1. The van der Waals surface area contributed by atoms with Crippen molar-refractivity contribution in [2.24, 2.45) is 11.8 Å². The summed E-state index contributed by atoms with van der Waals surface area (Å²) in [6, 6.07) is 0. The number of ether oxygens (including phenoxy) is 2. The predicted octanol–water partition coefficient (Wildman–Crippen LogP) is -1.91. The Morgan fingerprint density at radius 1 is 1.06 bits per heavy atom. The van der Waals surface area contributed by atoms with Crippen LogP contribution < -0.4 is 0 Å². The molecule has 2 aliphatic rings. The zero-order valence-electron chi connectivity index (χ0n) is 18.5. The Bertz CT molecular complexity index is 710. The van der Waals surface area contributed by atoms with Crippen molar-refractivity contribution in [2.45, 2.75) is 75.5 Å². The van der Waals surface area contributed by atoms with Crippen LogP contribution in [0.2, 0.25) is 0 Å². The molecule has 8 atom stereocenters. The largest absolute Gasteiger partial charge is 0.394 e. The van der Waals surface area contributed by atoms with Crippen LogP contribution in [0.15, 0.2) is 6.20 Å². The lowest BCUT2D eigenvalue weighted by Gasteiger charge is -2.40. The maximum absolute atomic E-state index is 10.0. The Hall–Kier alpha value is -1.34. The first kappa shape index (κ1) is 27.3. The molecule has 15 nitrogen and oxygen atoms in total. The van der Waals surface area contributed by atoms with Crippen molar-refractivity contribution >= 4 is 0 Å². The van der Waals surface area contributed by atoms with Crippen molar-refractivity contribution in [1.82, 2.24) is 15.0 Å². The first-order chi connectivity index (χ1) is 16.4. The molecule has 0 spiro atoms. The van der Waals surface area contributed by atoms with Crippen LogP contribution in [-0.2, 0) is 42.6 Å². The van der Waals surface area contributed by atoms with E-state index in [2.05, 4.69) is 25.4 Å². The number of hydrogen-bond donors (Lipinski definition) is 6. The zero-order chi connectivity index (χ0) is 24.5. The van der Waals surface area contributed by atoms with Crippen molar-refractivity contribution in [3.05, 3.63) is 11.9 Å². The van der Waals surface area contributed by atoms with Crippen LogP contribution in [0.1, 0.15) is 31.4 Å². The van der Waals surface area contributed by atoms with Crippen LogP contribution in [-0.4, -0.2) is 102 Å². The van der Waals surface area contributed by atoms with Crippen LogP contribution in [0.25, 0.3) is 0 Å². The summed E-state index contributed by atoms with van der Waals surface area (Å²) in [6.07, 6.45) is -1.97. The third-order valence-corrected chi connectivity index (χ3v) is 6.28. The van der Waals surface area contributed by atoms with E-state index >= 15 is 0 Å². The highest BCUT2D eigenvalue weighted by molar-refractivity contribution is 4.94. The summed E-state index contributed by atoms with van der Waals surface area (Å²) in [5, 5.41) is 76.0. The van der Waals surface area contributed by atoms with Crippen molar-refractivity contribution in [3.8, 4) is 0 Å². The van der Waals surface area contributed by atoms with E-state index in [9.17, 15) is 25.5 Å². The van der Waals surface area contributed by atoms with Crippen LogP contribution in [0.4, 0.5) is 0 Å². The number of aliphatic hydroxyl groups is 5. The first-order valence-corrected chi connectivity index (χ1v) is 11.2. The van der Waals surface area contributed by atoms with E-state index in [1.54, 1.807) is 10.9 Å². The highest BCUT2D eigenvalue weighted by atomic mass is 17.8. The lowest BCUT2D eigenvalue weighted by Crippen LogP contribution is -2.58. The maximum Gasteiger partial charge on any atom is 0.111 e. The average molecular weight is 495 g/mol. The van der Waals surface area contributed by atoms with E-state index in [1.165, 1.54) is 0 Å². The van der Waals surface area contributed by atoms with Gasteiger partial charge in [-0.1, -0.05) is 5.21 Å². The fraction of sp³-hybridized carbons (Fsp3) is 0.895. The highest BCUT2D eigenvalue weighted by Gasteiger charge is 2.43. The minimum Gasteiger partial charge on any atom is -0.394 e. The molecule has 15 heteroatoms. The summed E-state index contributed by atoms with van der Waals surface area (Å²) in [6.45, 7) is 0.817. The summed E-state index contributed by atoms with van der Waals surface area (Å²) >= 11 is 0. The van der Waals surface area contributed by atoms with Gasteiger partial charge in [0.2, 0.25) is 0 Å². The van der Waals surface area contributed by atoms with E-state index in [0.717, 1.165) is 0 Å². The molecule has 1 aromatic heterocycles. The Morgan fingerprint density at radius 3 is 2.59 bits per heavy atom. The minimum atomic E-state index is -1.36. The molecule has 8 unspecified atom stereocenters. The van der Waals surface area contributed by atoms with Crippen molar-refractivity contribution in [1.29, 1.82) is 0 Å². The quantitative estimate of drug-likeness (QED) is 0.0892. The third kappa shape index (κ3) is 7.33. The Kier molecular flexibility index (Phi) is 11.0. The molecule has 2 heterocycles. The topological polar surface area (TPSA) is 207 Å². The van der Waals surface area contributed by atoms with Gasteiger partial charge in [-0.05, 0) is 46.7 Å². The molecule has 0 aromatic carbocycles. The van der Waals surface area contributed by atoms with Gasteiger partial charge in [-0.3, -0.25) is 4.68 Å². The molecule has 0 radical (unpaired) electrons. The molecule has 34 heavy (non-hydrogen) atoms. The number of aromatic nitrogens is 3. The fourth-order valence-corrected chi connectivity index (χ4v) is 4.24. The second-order valence-corrected chi connectivity index (χ2v) is 8.57. The standard InChI is InChI=1S/C19H33N3O12/c23-8-16-18(26)19(27)17(25)15(31-16)3-1-2-4-29-10-12-6-22(21-20-12)7-13-11(5-14(13)24)9-30-33-34-32-28/h6,11,13-19,23-28H,1-5,7-10H2. The van der Waals surface area contributed by atoms with Crippen LogP contribution in [0.3, 0.4) is 0 Å². The monoisotopic (exact) mass is 495 g/mol. The molecule has 2 fully saturated rings. The van der Waals surface area contributed by atoms with Gasteiger partial charge < -0.3 is 35.0 Å². The molecule has 1 aliphatic carbocycles. The molecule has 1 saturated carbocycles. The predicted molar refractivity (Wildman–Crippen MR) is 107 cm³/mol. The summed E-state index contributed by atoms with van der Waals surface area (Å²) < 4.78 is 12.7. The Labute approximate surface area is 195 Å². The molecule has 1 saturated heterocycles. The molecule has 196 valence electrons. The van der Waals surface area contributed by atoms with E-state index in [1.807, 2.05) is 0 Å². The summed E-state index contributed by atoms with van der Waals surface area (Å²) in [5.74, 6) is -0.110. The smallest absolute Gasteiger partial charge is 0.111 e. The van der Waals surface area contributed by atoms with Gasteiger partial charge in [0.1, 0.15) is 30.1 Å². The van der Waals surface area contributed by atoms with Crippen molar-refractivity contribution in [3.63, 3.8) is 0 Å². The highest BCUT2D eigenvalue weighted by Crippen LogP contribution is 2.36. The summed E-state index contributed by atoms with van der Waals surface area (Å²) in [5.41, 5.74) is 0.632. The molecule has 3 rings (SSSR count). The lowest BCUT2D eigenvalue weighted by atomic mass is 9.71. The van der Waals surface area contributed by atoms with Gasteiger partial charge in [-0.15, -0.1) is 5.10 Å². The van der Waals surface area contributed by atoms with E-state index < -0.39 is 43.2 Å². The van der Waals surface area contributed by atoms with E-state index in [-0.39, 0.29) is 25.0 Å². The molecular formula is C19H33N3O12. The SMILES string of the molecule is OCC1OC(CCCCOCc2cn(CC3C(O)CC3COOOOO)nn2)C(O)C(O)C1O. The minimum absolute atomic E-state index is 0.00453. The fourth-order valence-electron chi connectivity index (χ4n) is 4.24. The Morgan fingerprint density at radius 2 is 1.85 bits per heavy atom. The molecule has 1 aromatic rings. The summed E-state index contributed by atoms with van der Waals surface area (Å²) in [4.78, 5) is 4.71. The zero-order valence-corrected chi connectivity index (χ0v) is 18.5. The average Bonchev–Trinajstić information content (AvgIpc) is 3.29. The van der Waals surface area contributed by atoms with Crippen molar-refractivity contribution < 1.29 is 60.3 Å². The van der Waals surface area contributed by atoms with Gasteiger partial charge in [-0.2, -0.15) is 0 Å². The first-order valence-electron chi connectivity index (χ1n) is 11.2. The third-order valence-electron chi connectivity index (χ3n) is 6.28. The number of aliphatic hydroxyl groups excluding tert-OH is 5. The second-order valence-electron chi connectivity index (χ2n) is 8.57. The molecule has 0 amide bonds. The van der Waals surface area contributed by atoms with Gasteiger partial charge in [0.05, 0.1) is 38.2 Å². The van der Waals surface area contributed by atoms with E-state index in [4.69, 9.17) is 19.6 Å². The molecule has 0 bridgehead atoms. The Balaban J connectivity index is 1.30. The van der Waals surface area contributed by atoms with E-state index in [0.29, 0.717) is 44.5 Å². The molecule has 1 aliphatic heterocycles. The number of hydrogen-bond acceptors (Lipinski definition) is 14. The van der Waals surface area contributed by atoms with Crippen LogP contribution in [0.5, 0.6) is 0 Å². The van der Waals surface area contributed by atoms with Crippen LogP contribution in [0, 0.1) is 11.8 Å². The number of nitrogens with zero attached hydrogens (tertiary/aromatic N) is 3.